The number of furan rings is 1. The molecule has 0 aliphatic heterocycles. The van der Waals surface area contributed by atoms with Crippen LogP contribution in [-0.2, 0) is 0 Å². The Balaban J connectivity index is 2.48. The molecule has 2 heterocycles. The zero-order chi connectivity index (χ0) is 9.97. The molecule has 2 aromatic heterocycles. The molecule has 0 unspecified atom stereocenters. The number of anilines is 1. The normalized spacial score (nSPS) is 10.1. The van der Waals surface area contributed by atoms with E-state index >= 15 is 0 Å². The minimum Gasteiger partial charge on any atom is -0.467 e. The minimum absolute atomic E-state index is 0.100. The highest BCUT2D eigenvalue weighted by Gasteiger charge is 2.08. The molecule has 14 heavy (non-hydrogen) atoms. The quantitative estimate of drug-likeness (QED) is 0.754. The average molecular weight is 192 g/mol. The summed E-state index contributed by atoms with van der Waals surface area (Å²) in [6, 6.07) is 3.64. The van der Waals surface area contributed by atoms with Gasteiger partial charge in [0, 0.05) is 0 Å². The molecule has 2 N–H and O–H groups in total. The lowest BCUT2D eigenvalue weighted by Crippen LogP contribution is -2.02. The Morgan fingerprint density at radius 2 is 2.21 bits per heavy atom. The van der Waals surface area contributed by atoms with Crippen LogP contribution in [0.3, 0.4) is 0 Å². The smallest absolute Gasteiger partial charge is 0.321 e. The largest absolute Gasteiger partial charge is 0.467 e. The highest BCUT2D eigenvalue weighted by atomic mass is 16.5. The molecule has 0 aliphatic rings. The summed E-state index contributed by atoms with van der Waals surface area (Å²) in [6.07, 6.45) is 1.53. The van der Waals surface area contributed by atoms with Crippen molar-refractivity contribution in [1.82, 2.24) is 15.0 Å². The second kappa shape index (κ2) is 3.33. The van der Waals surface area contributed by atoms with E-state index in [1.165, 1.54) is 13.4 Å². The van der Waals surface area contributed by atoms with Gasteiger partial charge in [-0.25, -0.2) is 0 Å². The second-order valence-electron chi connectivity index (χ2n) is 2.48. The lowest BCUT2D eigenvalue weighted by atomic mass is 10.4. The molecular weight excluding hydrogens is 184 g/mol. The van der Waals surface area contributed by atoms with Crippen LogP contribution >= 0.6 is 0 Å². The maximum Gasteiger partial charge on any atom is 0.321 e. The Hall–Kier alpha value is -2.11. The maximum atomic E-state index is 5.46. The van der Waals surface area contributed by atoms with Gasteiger partial charge in [-0.05, 0) is 12.1 Å². The van der Waals surface area contributed by atoms with E-state index in [1.54, 1.807) is 12.1 Å². The number of aromatic nitrogens is 3. The van der Waals surface area contributed by atoms with Crippen LogP contribution in [0.5, 0.6) is 6.01 Å². The predicted octanol–water partition coefficient (Wildman–Crippen LogP) is 0.722. The van der Waals surface area contributed by atoms with Gasteiger partial charge in [-0.1, -0.05) is 0 Å². The summed E-state index contributed by atoms with van der Waals surface area (Å²) in [6.45, 7) is 0. The van der Waals surface area contributed by atoms with Gasteiger partial charge < -0.3 is 14.9 Å². The summed E-state index contributed by atoms with van der Waals surface area (Å²) >= 11 is 0. The molecule has 6 nitrogen and oxygen atoms in total. The topological polar surface area (TPSA) is 87.1 Å². The molecule has 0 fully saturated rings. The molecule has 0 saturated carbocycles. The molecule has 0 aromatic carbocycles. The molecule has 6 heteroatoms. The van der Waals surface area contributed by atoms with Crippen LogP contribution in [0.1, 0.15) is 0 Å². The number of nitrogens with two attached hydrogens (primary N) is 1. The molecule has 0 atom stereocenters. The number of ether oxygens (including phenoxy) is 1. The Labute approximate surface area is 79.8 Å². The van der Waals surface area contributed by atoms with Crippen molar-refractivity contribution in [2.45, 2.75) is 0 Å². The van der Waals surface area contributed by atoms with Gasteiger partial charge in [0.15, 0.2) is 5.76 Å². The van der Waals surface area contributed by atoms with Crippen LogP contribution in [0.25, 0.3) is 11.6 Å². The number of methoxy groups -OCH3 is 1. The first kappa shape index (κ1) is 8.49. The van der Waals surface area contributed by atoms with E-state index in [0.29, 0.717) is 11.6 Å². The summed E-state index contributed by atoms with van der Waals surface area (Å²) in [4.78, 5) is 11.6. The zero-order valence-corrected chi connectivity index (χ0v) is 7.47. The van der Waals surface area contributed by atoms with Gasteiger partial charge in [-0.3, -0.25) is 0 Å². The maximum absolute atomic E-state index is 5.46. The highest BCUT2D eigenvalue weighted by molar-refractivity contribution is 5.48. The summed E-state index contributed by atoms with van der Waals surface area (Å²) in [5.41, 5.74) is 5.46. The minimum atomic E-state index is 0.100. The zero-order valence-electron chi connectivity index (χ0n) is 7.47. The van der Waals surface area contributed by atoms with Gasteiger partial charge in [-0.15, -0.1) is 0 Å². The number of rotatable bonds is 2. The summed E-state index contributed by atoms with van der Waals surface area (Å²) < 4.78 is 9.96. The molecule has 0 spiro atoms. The molecule has 0 bridgehead atoms. The summed E-state index contributed by atoms with van der Waals surface area (Å²) in [5, 5.41) is 0. The Morgan fingerprint density at radius 3 is 2.86 bits per heavy atom. The number of hydrogen-bond acceptors (Lipinski definition) is 6. The van der Waals surface area contributed by atoms with Crippen LogP contribution < -0.4 is 10.5 Å². The average Bonchev–Trinajstić information content (AvgIpc) is 2.69. The monoisotopic (exact) mass is 192 g/mol. The molecule has 0 saturated heterocycles. The Morgan fingerprint density at radius 1 is 1.36 bits per heavy atom. The molecule has 0 aliphatic carbocycles. The lowest BCUT2D eigenvalue weighted by molar-refractivity contribution is 0.379. The van der Waals surface area contributed by atoms with Crippen molar-refractivity contribution < 1.29 is 9.15 Å². The molecule has 0 radical (unpaired) electrons. The Bertz CT molecular complexity index is 427. The molecule has 0 amide bonds. The van der Waals surface area contributed by atoms with Gasteiger partial charge in [0.25, 0.3) is 0 Å². The standard InChI is InChI=1S/C8H8N4O2/c1-13-8-11-6(10-7(9)12-8)5-3-2-4-14-5/h2-4H,1H3,(H2,9,10,11,12). The summed E-state index contributed by atoms with van der Waals surface area (Å²) in [5.74, 6) is 0.986. The van der Waals surface area contributed by atoms with E-state index in [-0.39, 0.29) is 12.0 Å². The lowest BCUT2D eigenvalue weighted by Gasteiger charge is -2.00. The third-order valence-corrected chi connectivity index (χ3v) is 1.56. The van der Waals surface area contributed by atoms with Crippen LogP contribution in [-0.4, -0.2) is 22.1 Å². The highest BCUT2D eigenvalue weighted by Crippen LogP contribution is 2.17. The first-order valence-electron chi connectivity index (χ1n) is 3.89. The third-order valence-electron chi connectivity index (χ3n) is 1.56. The molecule has 2 aromatic rings. The van der Waals surface area contributed by atoms with E-state index in [4.69, 9.17) is 14.9 Å². The fourth-order valence-electron chi connectivity index (χ4n) is 0.979. The van der Waals surface area contributed by atoms with Gasteiger partial charge >= 0.3 is 6.01 Å². The third kappa shape index (κ3) is 1.49. The van der Waals surface area contributed by atoms with Crippen molar-refractivity contribution >= 4 is 5.95 Å². The number of nitrogens with zero attached hydrogens (tertiary/aromatic N) is 3. The number of hydrogen-bond donors (Lipinski definition) is 1. The van der Waals surface area contributed by atoms with Crippen molar-refractivity contribution in [2.75, 3.05) is 12.8 Å². The van der Waals surface area contributed by atoms with E-state index in [2.05, 4.69) is 15.0 Å². The van der Waals surface area contributed by atoms with Crippen molar-refractivity contribution in [1.29, 1.82) is 0 Å². The van der Waals surface area contributed by atoms with E-state index in [0.717, 1.165) is 0 Å². The Kier molecular flexibility index (Phi) is 2.02. The SMILES string of the molecule is COc1nc(N)nc(-c2ccco2)n1. The molecule has 2 rings (SSSR count). The fraction of sp³-hybridized carbons (Fsp3) is 0.125. The van der Waals surface area contributed by atoms with Crippen LogP contribution in [0.15, 0.2) is 22.8 Å². The summed E-state index contributed by atoms with van der Waals surface area (Å²) in [7, 11) is 1.46. The van der Waals surface area contributed by atoms with Crippen molar-refractivity contribution in [2.24, 2.45) is 0 Å². The molecular formula is C8H8N4O2. The van der Waals surface area contributed by atoms with Gasteiger partial charge in [0.1, 0.15) is 0 Å². The predicted molar refractivity (Wildman–Crippen MR) is 48.5 cm³/mol. The van der Waals surface area contributed by atoms with Crippen LogP contribution in [0.2, 0.25) is 0 Å². The van der Waals surface area contributed by atoms with Crippen molar-refractivity contribution in [3.63, 3.8) is 0 Å². The first-order chi connectivity index (χ1) is 6.79. The van der Waals surface area contributed by atoms with Gasteiger partial charge in [-0.2, -0.15) is 15.0 Å². The van der Waals surface area contributed by atoms with Crippen molar-refractivity contribution in [3.05, 3.63) is 18.4 Å². The van der Waals surface area contributed by atoms with Crippen LogP contribution in [0, 0.1) is 0 Å². The first-order valence-corrected chi connectivity index (χ1v) is 3.89. The van der Waals surface area contributed by atoms with E-state index in [1.807, 2.05) is 0 Å². The molecule has 72 valence electrons. The van der Waals surface area contributed by atoms with E-state index < -0.39 is 0 Å². The van der Waals surface area contributed by atoms with Gasteiger partial charge in [0.05, 0.1) is 13.4 Å². The van der Waals surface area contributed by atoms with Gasteiger partial charge in [0.2, 0.25) is 11.8 Å². The van der Waals surface area contributed by atoms with Crippen molar-refractivity contribution in [3.8, 4) is 17.6 Å². The fourth-order valence-corrected chi connectivity index (χ4v) is 0.979. The van der Waals surface area contributed by atoms with E-state index in [9.17, 15) is 0 Å². The second-order valence-corrected chi connectivity index (χ2v) is 2.48. The van der Waals surface area contributed by atoms with Crippen LogP contribution in [0.4, 0.5) is 5.95 Å². The number of nitrogen functional groups attached to an aromatic ring is 1.